The number of hydrogen-bond acceptors (Lipinski definition) is 5. The molecular weight excluding hydrogens is 361 g/mol. The van der Waals surface area contributed by atoms with Crippen LogP contribution in [-0.2, 0) is 4.79 Å². The van der Waals surface area contributed by atoms with Crippen molar-refractivity contribution in [1.29, 1.82) is 5.26 Å². The van der Waals surface area contributed by atoms with Crippen molar-refractivity contribution in [2.75, 3.05) is 23.3 Å². The number of carbonyl (C=O) groups excluding carboxylic acids is 1. The minimum Gasteiger partial charge on any atom is -0.342 e. The van der Waals surface area contributed by atoms with E-state index in [2.05, 4.69) is 22.2 Å². The van der Waals surface area contributed by atoms with E-state index in [0.717, 1.165) is 25.9 Å². The highest BCUT2D eigenvalue weighted by Gasteiger charge is 2.41. The van der Waals surface area contributed by atoms with Gasteiger partial charge < -0.3 is 10.2 Å². The Balaban J connectivity index is 1.83. The number of nitriles is 1. The summed E-state index contributed by atoms with van der Waals surface area (Å²) in [4.78, 5) is 34.7. The van der Waals surface area contributed by atoms with Gasteiger partial charge in [0.2, 0.25) is 11.9 Å². The first-order chi connectivity index (χ1) is 13.5. The molecule has 2 aliphatic rings. The lowest BCUT2D eigenvalue weighted by Gasteiger charge is -2.33. The smallest absolute Gasteiger partial charge is 0.258 e. The highest BCUT2D eigenvalue weighted by molar-refractivity contribution is 5.98. The fourth-order valence-corrected chi connectivity index (χ4v) is 3.93. The molecule has 7 nitrogen and oxygen atoms in total. The van der Waals surface area contributed by atoms with E-state index in [9.17, 15) is 19.2 Å². The quantitative estimate of drug-likeness (QED) is 0.832. The lowest BCUT2D eigenvalue weighted by atomic mass is 9.79. The van der Waals surface area contributed by atoms with Gasteiger partial charge in [0.05, 0.1) is 11.6 Å². The van der Waals surface area contributed by atoms with Gasteiger partial charge in [0.1, 0.15) is 17.6 Å². The van der Waals surface area contributed by atoms with Gasteiger partial charge in [0, 0.05) is 19.0 Å². The highest BCUT2D eigenvalue weighted by Crippen LogP contribution is 2.39. The molecule has 8 heteroatoms. The third-order valence-corrected chi connectivity index (χ3v) is 5.57. The van der Waals surface area contributed by atoms with Gasteiger partial charge >= 0.3 is 0 Å². The predicted octanol–water partition coefficient (Wildman–Crippen LogP) is 2.37. The Labute approximate surface area is 161 Å². The van der Waals surface area contributed by atoms with Crippen molar-refractivity contribution in [1.82, 2.24) is 9.97 Å². The molecular formula is C20H20FN5O2. The van der Waals surface area contributed by atoms with Crippen molar-refractivity contribution < 1.29 is 9.18 Å². The van der Waals surface area contributed by atoms with Crippen molar-refractivity contribution in [2.45, 2.75) is 25.7 Å². The third-order valence-electron chi connectivity index (χ3n) is 5.57. The summed E-state index contributed by atoms with van der Waals surface area (Å²) in [6.45, 7) is 3.70. The van der Waals surface area contributed by atoms with Crippen molar-refractivity contribution in [3.8, 4) is 6.07 Å². The van der Waals surface area contributed by atoms with E-state index in [1.165, 1.54) is 18.2 Å². The van der Waals surface area contributed by atoms with Crippen LogP contribution in [0, 0.1) is 29.0 Å². The van der Waals surface area contributed by atoms with Gasteiger partial charge in [0.25, 0.3) is 5.56 Å². The van der Waals surface area contributed by atoms with Crippen LogP contribution in [0.25, 0.3) is 0 Å². The van der Waals surface area contributed by atoms with Gasteiger partial charge in [-0.2, -0.15) is 10.2 Å². The number of carbonyl (C=O) groups is 1. The number of anilines is 2. The van der Waals surface area contributed by atoms with Crippen molar-refractivity contribution in [3.63, 3.8) is 0 Å². The van der Waals surface area contributed by atoms with Crippen LogP contribution in [0.4, 0.5) is 16.2 Å². The maximum absolute atomic E-state index is 14.5. The largest absolute Gasteiger partial charge is 0.342 e. The van der Waals surface area contributed by atoms with Crippen molar-refractivity contribution >= 4 is 17.7 Å². The number of piperidine rings is 1. The average molecular weight is 381 g/mol. The van der Waals surface area contributed by atoms with Crippen LogP contribution in [0.3, 0.4) is 0 Å². The number of nitrogens with zero attached hydrogens (tertiary/aromatic N) is 3. The van der Waals surface area contributed by atoms with Crippen LogP contribution >= 0.6 is 0 Å². The topological polar surface area (TPSA) is 102 Å². The summed E-state index contributed by atoms with van der Waals surface area (Å²) in [5.41, 5.74) is -0.213. The zero-order valence-corrected chi connectivity index (χ0v) is 15.4. The maximum Gasteiger partial charge on any atom is 0.258 e. The molecule has 0 spiro atoms. The maximum atomic E-state index is 14.5. The third kappa shape index (κ3) is 3.03. The SMILES string of the molecule is CC1CCN(c2nc3c(c(=O)[nH]2)[C@@H](c2ccccc2F)[C@@H](C#N)C(=O)N3)CC1. The molecule has 2 N–H and O–H groups in total. The number of rotatable bonds is 2. The van der Waals surface area contributed by atoms with Gasteiger partial charge in [-0.15, -0.1) is 0 Å². The molecule has 144 valence electrons. The Morgan fingerprint density at radius 2 is 1.96 bits per heavy atom. The molecule has 1 aromatic carbocycles. The molecule has 3 heterocycles. The number of hydrogen-bond donors (Lipinski definition) is 2. The molecule has 1 saturated heterocycles. The average Bonchev–Trinajstić information content (AvgIpc) is 2.68. The Morgan fingerprint density at radius 1 is 1.25 bits per heavy atom. The molecule has 1 amide bonds. The highest BCUT2D eigenvalue weighted by atomic mass is 19.1. The van der Waals surface area contributed by atoms with Crippen LogP contribution in [0.2, 0.25) is 0 Å². The molecule has 2 atom stereocenters. The first kappa shape index (κ1) is 18.2. The molecule has 1 aromatic heterocycles. The van der Waals surface area contributed by atoms with E-state index >= 15 is 0 Å². The van der Waals surface area contributed by atoms with E-state index < -0.39 is 29.1 Å². The lowest BCUT2D eigenvalue weighted by molar-refractivity contribution is -0.119. The second-order valence-corrected chi connectivity index (χ2v) is 7.42. The molecule has 0 aliphatic carbocycles. The van der Waals surface area contributed by atoms with Gasteiger partial charge in [-0.25, -0.2) is 4.39 Å². The van der Waals surface area contributed by atoms with E-state index in [0.29, 0.717) is 11.9 Å². The van der Waals surface area contributed by atoms with Crippen LogP contribution in [0.1, 0.15) is 36.8 Å². The summed E-state index contributed by atoms with van der Waals surface area (Å²) < 4.78 is 14.5. The van der Waals surface area contributed by atoms with Crippen molar-refractivity contribution in [2.24, 2.45) is 11.8 Å². The second kappa shape index (κ2) is 7.08. The fraction of sp³-hybridized carbons (Fsp3) is 0.400. The molecule has 0 unspecified atom stereocenters. The zero-order valence-electron chi connectivity index (χ0n) is 15.4. The molecule has 4 rings (SSSR count). The van der Waals surface area contributed by atoms with Crippen LogP contribution in [0.15, 0.2) is 29.1 Å². The molecule has 28 heavy (non-hydrogen) atoms. The van der Waals surface area contributed by atoms with Gasteiger partial charge in [-0.3, -0.25) is 14.6 Å². The molecule has 2 aromatic rings. The van der Waals surface area contributed by atoms with E-state index in [-0.39, 0.29) is 16.9 Å². The van der Waals surface area contributed by atoms with Gasteiger partial charge in [-0.1, -0.05) is 25.1 Å². The minimum absolute atomic E-state index is 0.0992. The molecule has 1 fully saturated rings. The summed E-state index contributed by atoms with van der Waals surface area (Å²) >= 11 is 0. The normalized spacial score (nSPS) is 22.3. The van der Waals surface area contributed by atoms with E-state index in [1.54, 1.807) is 6.07 Å². The van der Waals surface area contributed by atoms with E-state index in [1.807, 2.05) is 11.0 Å². The Hall–Kier alpha value is -3.21. The molecule has 0 bridgehead atoms. The Morgan fingerprint density at radius 3 is 2.64 bits per heavy atom. The summed E-state index contributed by atoms with van der Waals surface area (Å²) in [6, 6.07) is 7.79. The van der Waals surface area contributed by atoms with Crippen LogP contribution in [0.5, 0.6) is 0 Å². The lowest BCUT2D eigenvalue weighted by Crippen LogP contribution is -2.40. The number of fused-ring (bicyclic) bond motifs is 1. The number of H-pyrrole nitrogens is 1. The van der Waals surface area contributed by atoms with Crippen molar-refractivity contribution in [3.05, 3.63) is 51.6 Å². The molecule has 0 radical (unpaired) electrons. The number of nitrogens with one attached hydrogen (secondary N) is 2. The Bertz CT molecular complexity index is 1020. The summed E-state index contributed by atoms with van der Waals surface area (Å²) in [6.07, 6.45) is 1.98. The van der Waals surface area contributed by atoms with E-state index in [4.69, 9.17) is 0 Å². The first-order valence-corrected chi connectivity index (χ1v) is 9.33. The second-order valence-electron chi connectivity index (χ2n) is 7.42. The van der Waals surface area contributed by atoms with Crippen LogP contribution < -0.4 is 15.8 Å². The minimum atomic E-state index is -1.21. The Kier molecular flexibility index (Phi) is 4.59. The monoisotopic (exact) mass is 381 g/mol. The summed E-state index contributed by atoms with van der Waals surface area (Å²) in [5, 5.41) is 12.1. The fourth-order valence-electron chi connectivity index (χ4n) is 3.93. The summed E-state index contributed by atoms with van der Waals surface area (Å²) in [7, 11) is 0. The molecule has 0 saturated carbocycles. The number of amides is 1. The first-order valence-electron chi connectivity index (χ1n) is 9.33. The zero-order chi connectivity index (χ0) is 19.8. The predicted molar refractivity (Wildman–Crippen MR) is 101 cm³/mol. The standard InChI is InChI=1S/C20H20FN5O2/c1-11-6-8-26(9-7-11)20-24-17-16(19(28)25-20)15(13(10-22)18(27)23-17)12-4-2-3-5-14(12)21/h2-5,11,13,15H,6-9H2,1H3,(H2,23,24,25,27,28)/t13-,15+/m1/s1. The number of aromatic nitrogens is 2. The number of aromatic amines is 1. The number of halogens is 1. The van der Waals surface area contributed by atoms with Gasteiger partial charge in [-0.05, 0) is 30.4 Å². The van der Waals surface area contributed by atoms with Gasteiger partial charge in [0.15, 0.2) is 0 Å². The summed E-state index contributed by atoms with van der Waals surface area (Å²) in [5.74, 6) is -2.28. The van der Waals surface area contributed by atoms with Crippen LogP contribution in [-0.4, -0.2) is 29.0 Å². The number of benzene rings is 1. The molecule has 2 aliphatic heterocycles.